The zero-order chi connectivity index (χ0) is 26.9. The largest absolute Gasteiger partial charge is 0.380 e. The van der Waals surface area contributed by atoms with Crippen molar-refractivity contribution in [3.8, 4) is 24.2 Å². The third kappa shape index (κ3) is 32.5. The Kier molecular flexibility index (Phi) is 31.3. The zero-order valence-electron chi connectivity index (χ0n) is 24.8. The molecule has 0 saturated heterocycles. The lowest BCUT2D eigenvalue weighted by Crippen LogP contribution is -2.01. The third-order valence-electron chi connectivity index (χ3n) is 7.09. The standard InChI is InChI=1S/C36H62O/c1-3-5-6-7-8-9-10-11-12-13-14-15-16-17-18-19-20-21-22-23-24-25-26-27-28-29-30-31-32-33-34-35-36(37)4-2/h2,19-20,23-24,36-37H,3,5-18,21-22,25-26,29-35H2,1H3/b20-19-,24-23-/t36-/m0/s1. The van der Waals surface area contributed by atoms with Gasteiger partial charge in [-0.25, -0.2) is 0 Å². The highest BCUT2D eigenvalue weighted by Gasteiger charge is 1.97. The Morgan fingerprint density at radius 2 is 0.946 bits per heavy atom. The molecule has 1 heteroatoms. The maximum Gasteiger partial charge on any atom is 0.114 e. The molecule has 0 aromatic rings. The molecule has 0 radical (unpaired) electrons. The molecule has 0 aliphatic carbocycles. The van der Waals surface area contributed by atoms with Gasteiger partial charge in [-0.05, 0) is 51.4 Å². The van der Waals surface area contributed by atoms with Crippen molar-refractivity contribution in [1.29, 1.82) is 0 Å². The van der Waals surface area contributed by atoms with Gasteiger partial charge in [-0.3, -0.25) is 0 Å². The second-order valence-electron chi connectivity index (χ2n) is 10.8. The summed E-state index contributed by atoms with van der Waals surface area (Å²) >= 11 is 0. The molecule has 0 aliphatic heterocycles. The van der Waals surface area contributed by atoms with Gasteiger partial charge in [-0.1, -0.05) is 140 Å². The molecule has 212 valence electrons. The van der Waals surface area contributed by atoms with Crippen LogP contribution in [0.1, 0.15) is 174 Å². The minimum absolute atomic E-state index is 0.556. The van der Waals surface area contributed by atoms with Crippen molar-refractivity contribution in [3.05, 3.63) is 24.3 Å². The highest BCUT2D eigenvalue weighted by Crippen LogP contribution is 2.13. The molecule has 0 aromatic heterocycles. The molecule has 0 heterocycles. The number of aliphatic hydroxyl groups excluding tert-OH is 1. The molecule has 0 spiro atoms. The first-order valence-electron chi connectivity index (χ1n) is 16.2. The van der Waals surface area contributed by atoms with Crippen molar-refractivity contribution in [1.82, 2.24) is 0 Å². The van der Waals surface area contributed by atoms with E-state index in [0.717, 1.165) is 44.9 Å². The summed E-state index contributed by atoms with van der Waals surface area (Å²) in [5.41, 5.74) is 0. The summed E-state index contributed by atoms with van der Waals surface area (Å²) in [5.74, 6) is 8.98. The van der Waals surface area contributed by atoms with E-state index in [-0.39, 0.29) is 0 Å². The van der Waals surface area contributed by atoms with Gasteiger partial charge in [0.05, 0.1) is 0 Å². The van der Waals surface area contributed by atoms with Crippen molar-refractivity contribution in [2.75, 3.05) is 0 Å². The quantitative estimate of drug-likeness (QED) is 0.0661. The number of hydrogen-bond donors (Lipinski definition) is 1. The average Bonchev–Trinajstić information content (AvgIpc) is 2.91. The van der Waals surface area contributed by atoms with E-state index in [0.29, 0.717) is 0 Å². The van der Waals surface area contributed by atoms with Crippen molar-refractivity contribution < 1.29 is 5.11 Å². The molecule has 37 heavy (non-hydrogen) atoms. The van der Waals surface area contributed by atoms with Crippen molar-refractivity contribution >= 4 is 0 Å². The van der Waals surface area contributed by atoms with E-state index in [4.69, 9.17) is 6.42 Å². The number of aliphatic hydroxyl groups is 1. The lowest BCUT2D eigenvalue weighted by Gasteiger charge is -2.02. The van der Waals surface area contributed by atoms with Gasteiger partial charge in [0.1, 0.15) is 6.10 Å². The van der Waals surface area contributed by atoms with Gasteiger partial charge in [0.15, 0.2) is 0 Å². The SMILES string of the molecule is C#C[C@H](O)CCCCCCCC#CCC/C=C\CC/C=C\CCCCCCCCCCCCCCCC. The maximum absolute atomic E-state index is 9.30. The molecule has 0 aliphatic rings. The molecule has 0 rings (SSSR count). The Bertz CT molecular complexity index is 596. The molecule has 0 amide bonds. The summed E-state index contributed by atoms with van der Waals surface area (Å²) in [6.07, 6.45) is 47.3. The Hall–Kier alpha value is -1.44. The van der Waals surface area contributed by atoms with Gasteiger partial charge in [0.2, 0.25) is 0 Å². The van der Waals surface area contributed by atoms with Gasteiger partial charge in [-0.15, -0.1) is 18.3 Å². The first kappa shape index (κ1) is 35.6. The van der Waals surface area contributed by atoms with E-state index < -0.39 is 6.10 Å². The van der Waals surface area contributed by atoms with Crippen LogP contribution < -0.4 is 0 Å². The molecular weight excluding hydrogens is 448 g/mol. The smallest absolute Gasteiger partial charge is 0.114 e. The number of allylic oxidation sites excluding steroid dienone is 4. The summed E-state index contributed by atoms with van der Waals surface area (Å²) < 4.78 is 0. The van der Waals surface area contributed by atoms with E-state index in [1.54, 1.807) is 0 Å². The van der Waals surface area contributed by atoms with Crippen molar-refractivity contribution in [3.63, 3.8) is 0 Å². The van der Waals surface area contributed by atoms with Gasteiger partial charge >= 0.3 is 0 Å². The molecule has 1 nitrogen and oxygen atoms in total. The predicted molar refractivity (Wildman–Crippen MR) is 167 cm³/mol. The van der Waals surface area contributed by atoms with Gasteiger partial charge in [-0.2, -0.15) is 0 Å². The van der Waals surface area contributed by atoms with Crippen LogP contribution in [0.5, 0.6) is 0 Å². The normalized spacial score (nSPS) is 12.1. The van der Waals surface area contributed by atoms with E-state index >= 15 is 0 Å². The monoisotopic (exact) mass is 510 g/mol. The van der Waals surface area contributed by atoms with Crippen LogP contribution in [0, 0.1) is 24.2 Å². The lowest BCUT2D eigenvalue weighted by molar-refractivity contribution is 0.217. The highest BCUT2D eigenvalue weighted by molar-refractivity contribution is 5.00. The van der Waals surface area contributed by atoms with Crippen molar-refractivity contribution in [2.45, 2.75) is 180 Å². The average molecular weight is 511 g/mol. The number of unbranched alkanes of at least 4 members (excludes halogenated alkanes) is 21. The second-order valence-corrected chi connectivity index (χ2v) is 10.8. The van der Waals surface area contributed by atoms with Gasteiger partial charge < -0.3 is 5.11 Å². The van der Waals surface area contributed by atoms with Gasteiger partial charge in [0, 0.05) is 12.8 Å². The van der Waals surface area contributed by atoms with Crippen molar-refractivity contribution in [2.24, 2.45) is 0 Å². The fourth-order valence-corrected chi connectivity index (χ4v) is 4.62. The topological polar surface area (TPSA) is 20.2 Å². The van der Waals surface area contributed by atoms with Gasteiger partial charge in [0.25, 0.3) is 0 Å². The summed E-state index contributed by atoms with van der Waals surface area (Å²) in [6, 6.07) is 0. The van der Waals surface area contributed by atoms with Crippen LogP contribution in [0.3, 0.4) is 0 Å². The molecule has 0 saturated carbocycles. The molecule has 0 bridgehead atoms. The number of hydrogen-bond acceptors (Lipinski definition) is 1. The Balaban J connectivity index is 3.25. The minimum Gasteiger partial charge on any atom is -0.380 e. The molecule has 0 fully saturated rings. The minimum atomic E-state index is -0.556. The first-order chi connectivity index (χ1) is 18.3. The first-order valence-corrected chi connectivity index (χ1v) is 16.2. The van der Waals surface area contributed by atoms with Crippen LogP contribution in [0.2, 0.25) is 0 Å². The maximum atomic E-state index is 9.30. The second kappa shape index (κ2) is 32.6. The Morgan fingerprint density at radius 3 is 1.51 bits per heavy atom. The lowest BCUT2D eigenvalue weighted by atomic mass is 10.0. The molecule has 0 aromatic carbocycles. The van der Waals surface area contributed by atoms with Crippen LogP contribution >= 0.6 is 0 Å². The summed E-state index contributed by atoms with van der Waals surface area (Å²) in [4.78, 5) is 0. The fourth-order valence-electron chi connectivity index (χ4n) is 4.62. The Labute approximate surface area is 233 Å². The highest BCUT2D eigenvalue weighted by atomic mass is 16.3. The third-order valence-corrected chi connectivity index (χ3v) is 7.09. The van der Waals surface area contributed by atoms with Crippen LogP contribution in [-0.4, -0.2) is 11.2 Å². The number of terminal acetylenes is 1. The molecule has 0 unspecified atom stereocenters. The van der Waals surface area contributed by atoms with Crippen LogP contribution in [0.25, 0.3) is 0 Å². The van der Waals surface area contributed by atoms with E-state index in [9.17, 15) is 5.11 Å². The van der Waals surface area contributed by atoms with Crippen LogP contribution in [-0.2, 0) is 0 Å². The predicted octanol–water partition coefficient (Wildman–Crippen LogP) is 11.3. The molecular formula is C36H62O. The summed E-state index contributed by atoms with van der Waals surface area (Å²) in [5, 5.41) is 9.30. The molecule has 1 atom stereocenters. The van der Waals surface area contributed by atoms with E-state index in [1.165, 1.54) is 122 Å². The summed E-state index contributed by atoms with van der Waals surface area (Å²) in [7, 11) is 0. The fraction of sp³-hybridized carbons (Fsp3) is 0.778. The van der Waals surface area contributed by atoms with Crippen LogP contribution in [0.15, 0.2) is 24.3 Å². The summed E-state index contributed by atoms with van der Waals surface area (Å²) in [6.45, 7) is 2.29. The van der Waals surface area contributed by atoms with E-state index in [1.807, 2.05) is 0 Å². The van der Waals surface area contributed by atoms with E-state index in [2.05, 4.69) is 49.0 Å². The van der Waals surface area contributed by atoms with Crippen LogP contribution in [0.4, 0.5) is 0 Å². The number of rotatable bonds is 27. The zero-order valence-corrected chi connectivity index (χ0v) is 24.8. The Morgan fingerprint density at radius 1 is 0.514 bits per heavy atom. The molecule has 1 N–H and O–H groups in total.